The van der Waals surface area contributed by atoms with Gasteiger partial charge in [-0.15, -0.1) is 0 Å². The fourth-order valence-electron chi connectivity index (χ4n) is 2.07. The lowest BCUT2D eigenvalue weighted by Gasteiger charge is -2.25. The molecule has 2 rings (SSSR count). The molecule has 0 radical (unpaired) electrons. The summed E-state index contributed by atoms with van der Waals surface area (Å²) in [5, 5.41) is 2.95. The van der Waals surface area contributed by atoms with Crippen LogP contribution in [-0.2, 0) is 19.5 Å². The lowest BCUT2D eigenvalue weighted by Crippen LogP contribution is -2.44. The average molecular weight is 300 g/mol. The SMILES string of the molecule is CNc1ccc(S(=O)(=O)NCC2(OC)CCOC2)cc1. The van der Waals surface area contributed by atoms with E-state index >= 15 is 0 Å². The molecule has 7 heteroatoms. The van der Waals surface area contributed by atoms with Crippen molar-refractivity contribution in [3.63, 3.8) is 0 Å². The highest BCUT2D eigenvalue weighted by molar-refractivity contribution is 7.89. The number of nitrogens with one attached hydrogen (secondary N) is 2. The standard InChI is InChI=1S/C13H20N2O4S/c1-14-11-3-5-12(6-4-11)20(16,17)15-9-13(18-2)7-8-19-10-13/h3-6,14-15H,7-10H2,1-2H3. The van der Waals surface area contributed by atoms with Crippen LogP contribution in [0.15, 0.2) is 29.2 Å². The molecular formula is C13H20N2O4S. The maximum atomic E-state index is 12.2. The fourth-order valence-corrected chi connectivity index (χ4v) is 3.19. The van der Waals surface area contributed by atoms with Gasteiger partial charge in [-0.1, -0.05) is 0 Å². The zero-order valence-corrected chi connectivity index (χ0v) is 12.5. The van der Waals surface area contributed by atoms with Gasteiger partial charge in [-0.3, -0.25) is 0 Å². The minimum atomic E-state index is -3.53. The van der Waals surface area contributed by atoms with E-state index in [1.54, 1.807) is 38.4 Å². The molecule has 1 fully saturated rings. The minimum Gasteiger partial charge on any atom is -0.388 e. The number of rotatable bonds is 6. The zero-order chi connectivity index (χ0) is 14.6. The molecule has 0 saturated carbocycles. The molecule has 2 N–H and O–H groups in total. The Hall–Kier alpha value is -1.15. The van der Waals surface area contributed by atoms with Crippen LogP contribution in [0.2, 0.25) is 0 Å². The maximum Gasteiger partial charge on any atom is 0.240 e. The van der Waals surface area contributed by atoms with Crippen LogP contribution in [0.4, 0.5) is 5.69 Å². The molecular weight excluding hydrogens is 280 g/mol. The van der Waals surface area contributed by atoms with Crippen molar-refractivity contribution in [1.29, 1.82) is 0 Å². The van der Waals surface area contributed by atoms with Crippen molar-refractivity contribution >= 4 is 15.7 Å². The molecule has 6 nitrogen and oxygen atoms in total. The number of benzene rings is 1. The lowest BCUT2D eigenvalue weighted by molar-refractivity contribution is -0.0120. The second-order valence-corrected chi connectivity index (χ2v) is 6.56. The molecule has 112 valence electrons. The van der Waals surface area contributed by atoms with E-state index < -0.39 is 15.6 Å². The number of hydrogen-bond acceptors (Lipinski definition) is 5. The van der Waals surface area contributed by atoms with Crippen molar-refractivity contribution in [3.05, 3.63) is 24.3 Å². The summed E-state index contributed by atoms with van der Waals surface area (Å²) in [5.41, 5.74) is 0.305. The van der Waals surface area contributed by atoms with Crippen molar-refractivity contribution in [1.82, 2.24) is 4.72 Å². The van der Waals surface area contributed by atoms with E-state index in [0.29, 0.717) is 19.6 Å². The molecule has 1 saturated heterocycles. The van der Waals surface area contributed by atoms with Crippen LogP contribution in [-0.4, -0.2) is 47.9 Å². The number of hydrogen-bond donors (Lipinski definition) is 2. The van der Waals surface area contributed by atoms with Crippen LogP contribution >= 0.6 is 0 Å². The number of sulfonamides is 1. The zero-order valence-electron chi connectivity index (χ0n) is 11.7. The van der Waals surface area contributed by atoms with E-state index in [2.05, 4.69) is 10.0 Å². The topological polar surface area (TPSA) is 76.7 Å². The highest BCUT2D eigenvalue weighted by atomic mass is 32.2. The van der Waals surface area contributed by atoms with Crippen LogP contribution in [0.25, 0.3) is 0 Å². The van der Waals surface area contributed by atoms with Gasteiger partial charge in [0.05, 0.1) is 11.5 Å². The number of anilines is 1. The van der Waals surface area contributed by atoms with Gasteiger partial charge in [-0.2, -0.15) is 0 Å². The van der Waals surface area contributed by atoms with Gasteiger partial charge in [0.25, 0.3) is 0 Å². The monoisotopic (exact) mass is 300 g/mol. The summed E-state index contributed by atoms with van der Waals surface area (Å²) in [6.07, 6.45) is 0.685. The molecule has 1 aliphatic heterocycles. The van der Waals surface area contributed by atoms with Crippen molar-refractivity contribution in [3.8, 4) is 0 Å². The summed E-state index contributed by atoms with van der Waals surface area (Å²) >= 11 is 0. The lowest BCUT2D eigenvalue weighted by atomic mass is 10.0. The molecule has 1 aromatic carbocycles. The first-order chi connectivity index (χ1) is 9.51. The summed E-state index contributed by atoms with van der Waals surface area (Å²) in [5.74, 6) is 0. The second-order valence-electron chi connectivity index (χ2n) is 4.79. The predicted molar refractivity (Wildman–Crippen MR) is 76.4 cm³/mol. The van der Waals surface area contributed by atoms with E-state index in [9.17, 15) is 8.42 Å². The van der Waals surface area contributed by atoms with Crippen molar-refractivity contribution < 1.29 is 17.9 Å². The third-order valence-electron chi connectivity index (χ3n) is 3.54. The van der Waals surface area contributed by atoms with Crippen LogP contribution in [0.3, 0.4) is 0 Å². The third kappa shape index (κ3) is 3.29. The van der Waals surface area contributed by atoms with Crippen molar-refractivity contribution in [2.24, 2.45) is 0 Å². The first-order valence-corrected chi connectivity index (χ1v) is 7.90. The molecule has 0 aromatic heterocycles. The summed E-state index contributed by atoms with van der Waals surface area (Å²) in [6, 6.07) is 6.58. The van der Waals surface area contributed by atoms with Gasteiger partial charge in [-0.25, -0.2) is 13.1 Å². The molecule has 1 atom stereocenters. The Bertz CT molecular complexity index is 536. The Labute approximate surface area is 119 Å². The molecule has 1 heterocycles. The molecule has 0 spiro atoms. The third-order valence-corrected chi connectivity index (χ3v) is 4.95. The van der Waals surface area contributed by atoms with E-state index in [4.69, 9.17) is 9.47 Å². The number of ether oxygens (including phenoxy) is 2. The molecule has 0 aliphatic carbocycles. The van der Waals surface area contributed by atoms with E-state index in [-0.39, 0.29) is 11.4 Å². The van der Waals surface area contributed by atoms with Crippen LogP contribution < -0.4 is 10.0 Å². The highest BCUT2D eigenvalue weighted by Crippen LogP contribution is 2.22. The van der Waals surface area contributed by atoms with Gasteiger partial charge < -0.3 is 14.8 Å². The van der Waals surface area contributed by atoms with Crippen LogP contribution in [0.1, 0.15) is 6.42 Å². The van der Waals surface area contributed by atoms with E-state index in [1.165, 1.54) is 0 Å². The Morgan fingerprint density at radius 1 is 1.35 bits per heavy atom. The molecule has 0 bridgehead atoms. The molecule has 20 heavy (non-hydrogen) atoms. The van der Waals surface area contributed by atoms with Gasteiger partial charge in [0.15, 0.2) is 0 Å². The maximum absolute atomic E-state index is 12.2. The Balaban J connectivity index is 2.06. The van der Waals surface area contributed by atoms with E-state index in [1.807, 2.05) is 0 Å². The predicted octanol–water partition coefficient (Wildman–Crippen LogP) is 0.812. The van der Waals surface area contributed by atoms with Gasteiger partial charge >= 0.3 is 0 Å². The van der Waals surface area contributed by atoms with Crippen LogP contribution in [0.5, 0.6) is 0 Å². The van der Waals surface area contributed by atoms with Crippen molar-refractivity contribution in [2.75, 3.05) is 39.2 Å². The molecule has 1 aliphatic rings. The summed E-state index contributed by atoms with van der Waals surface area (Å²) in [7, 11) is -0.178. The average Bonchev–Trinajstić information content (AvgIpc) is 2.95. The molecule has 1 unspecified atom stereocenters. The Morgan fingerprint density at radius 2 is 2.05 bits per heavy atom. The largest absolute Gasteiger partial charge is 0.388 e. The van der Waals surface area contributed by atoms with Gasteiger partial charge in [-0.05, 0) is 24.3 Å². The fraction of sp³-hybridized carbons (Fsp3) is 0.538. The van der Waals surface area contributed by atoms with Gasteiger partial charge in [0.1, 0.15) is 5.60 Å². The van der Waals surface area contributed by atoms with Crippen LogP contribution in [0, 0.1) is 0 Å². The quantitative estimate of drug-likeness (QED) is 0.813. The Morgan fingerprint density at radius 3 is 2.55 bits per heavy atom. The minimum absolute atomic E-state index is 0.208. The first kappa shape index (κ1) is 15.2. The van der Waals surface area contributed by atoms with Gasteiger partial charge in [0, 0.05) is 39.4 Å². The van der Waals surface area contributed by atoms with Crippen molar-refractivity contribution in [2.45, 2.75) is 16.9 Å². The summed E-state index contributed by atoms with van der Waals surface area (Å²) in [6.45, 7) is 1.21. The molecule has 1 aromatic rings. The smallest absolute Gasteiger partial charge is 0.240 e. The summed E-state index contributed by atoms with van der Waals surface area (Å²) < 4.78 is 37.7. The normalized spacial score (nSPS) is 22.9. The first-order valence-electron chi connectivity index (χ1n) is 6.42. The number of methoxy groups -OCH3 is 1. The summed E-state index contributed by atoms with van der Waals surface area (Å²) in [4.78, 5) is 0.238. The van der Waals surface area contributed by atoms with Gasteiger partial charge in [0.2, 0.25) is 10.0 Å². The highest BCUT2D eigenvalue weighted by Gasteiger charge is 2.36. The Kier molecular flexibility index (Phi) is 4.64. The molecule has 0 amide bonds. The van der Waals surface area contributed by atoms with E-state index in [0.717, 1.165) is 5.69 Å². The second kappa shape index (κ2) is 6.09.